The lowest BCUT2D eigenvalue weighted by Crippen LogP contribution is -2.27. The Hall–Kier alpha value is -0.310. The van der Waals surface area contributed by atoms with Gasteiger partial charge < -0.3 is 5.32 Å². The molecular weight excluding hydrogens is 236 g/mol. The first-order valence-corrected chi connectivity index (χ1v) is 5.33. The number of hydrogen-bond donors (Lipinski definition) is 1. The first-order valence-electron chi connectivity index (χ1n) is 4.96. The second-order valence-electron chi connectivity index (χ2n) is 3.67. The highest BCUT2D eigenvalue weighted by atomic mass is 35.5. The number of halogens is 3. The van der Waals surface area contributed by atoms with Gasteiger partial charge in [-0.3, -0.25) is 0 Å². The second-order valence-corrected chi connectivity index (χ2v) is 4.10. The average molecular weight is 250 g/mol. The van der Waals surface area contributed by atoms with Crippen molar-refractivity contribution in [3.05, 3.63) is 34.6 Å². The summed E-state index contributed by atoms with van der Waals surface area (Å²) < 4.78 is 13.5. The third-order valence-corrected chi connectivity index (χ3v) is 2.88. The Morgan fingerprint density at radius 1 is 1.33 bits per heavy atom. The minimum absolute atomic E-state index is 0. The molecule has 1 saturated heterocycles. The fourth-order valence-corrected chi connectivity index (χ4v) is 2.08. The molecule has 0 spiro atoms. The maximum Gasteiger partial charge on any atom is 0.128 e. The molecule has 4 heteroatoms. The van der Waals surface area contributed by atoms with Crippen LogP contribution in [0.3, 0.4) is 0 Å². The van der Waals surface area contributed by atoms with Crippen molar-refractivity contribution in [2.75, 3.05) is 6.54 Å². The van der Waals surface area contributed by atoms with Gasteiger partial charge in [-0.2, -0.15) is 0 Å². The summed E-state index contributed by atoms with van der Waals surface area (Å²) in [6.07, 6.45) is 3.33. The zero-order chi connectivity index (χ0) is 9.97. The monoisotopic (exact) mass is 249 g/mol. The van der Waals surface area contributed by atoms with Crippen LogP contribution in [0.5, 0.6) is 0 Å². The third-order valence-electron chi connectivity index (χ3n) is 2.64. The Labute approximate surface area is 100 Å². The van der Waals surface area contributed by atoms with Gasteiger partial charge in [-0.05, 0) is 37.6 Å². The van der Waals surface area contributed by atoms with Crippen LogP contribution in [0.25, 0.3) is 0 Å². The highest BCUT2D eigenvalue weighted by Gasteiger charge is 2.18. The summed E-state index contributed by atoms with van der Waals surface area (Å²) in [6, 6.07) is 4.89. The molecule has 0 aliphatic carbocycles. The van der Waals surface area contributed by atoms with Crippen LogP contribution in [0, 0.1) is 5.82 Å². The summed E-state index contributed by atoms with van der Waals surface area (Å²) in [7, 11) is 0. The molecule has 15 heavy (non-hydrogen) atoms. The van der Waals surface area contributed by atoms with Gasteiger partial charge in [-0.1, -0.05) is 18.0 Å². The van der Waals surface area contributed by atoms with Gasteiger partial charge in [0.15, 0.2) is 0 Å². The molecule has 0 amide bonds. The number of piperidine rings is 1. The summed E-state index contributed by atoms with van der Waals surface area (Å²) in [6.45, 7) is 0.969. The van der Waals surface area contributed by atoms with Crippen molar-refractivity contribution in [1.29, 1.82) is 0 Å². The topological polar surface area (TPSA) is 12.0 Å². The largest absolute Gasteiger partial charge is 0.310 e. The Bertz CT molecular complexity index is 324. The van der Waals surface area contributed by atoms with Crippen LogP contribution in [0.2, 0.25) is 5.02 Å². The van der Waals surface area contributed by atoms with E-state index in [1.807, 2.05) is 0 Å². The van der Waals surface area contributed by atoms with E-state index in [0.29, 0.717) is 10.6 Å². The predicted octanol–water partition coefficient (Wildman–Crippen LogP) is 3.72. The molecule has 0 unspecified atom stereocenters. The Morgan fingerprint density at radius 2 is 2.13 bits per heavy atom. The van der Waals surface area contributed by atoms with E-state index >= 15 is 0 Å². The van der Waals surface area contributed by atoms with E-state index in [1.54, 1.807) is 12.1 Å². The molecule has 1 aromatic carbocycles. The maximum atomic E-state index is 13.5. The molecule has 1 N–H and O–H groups in total. The van der Waals surface area contributed by atoms with Crippen LogP contribution < -0.4 is 5.32 Å². The van der Waals surface area contributed by atoms with E-state index in [0.717, 1.165) is 19.4 Å². The normalized spacial score (nSPS) is 20.8. The molecule has 1 aliphatic rings. The maximum absolute atomic E-state index is 13.5. The first-order chi connectivity index (χ1) is 6.77. The van der Waals surface area contributed by atoms with Crippen molar-refractivity contribution in [3.8, 4) is 0 Å². The Kier molecular flexibility index (Phi) is 4.84. The van der Waals surface area contributed by atoms with Crippen molar-refractivity contribution >= 4 is 24.0 Å². The van der Waals surface area contributed by atoms with Gasteiger partial charge in [0.25, 0.3) is 0 Å². The third kappa shape index (κ3) is 3.07. The fourth-order valence-electron chi connectivity index (χ4n) is 1.90. The van der Waals surface area contributed by atoms with Crippen LogP contribution in [-0.2, 0) is 0 Å². The molecular formula is C11H14Cl2FN. The van der Waals surface area contributed by atoms with Gasteiger partial charge in [0.2, 0.25) is 0 Å². The van der Waals surface area contributed by atoms with Gasteiger partial charge in [0, 0.05) is 16.6 Å². The summed E-state index contributed by atoms with van der Waals surface area (Å²) in [5, 5.41) is 3.91. The van der Waals surface area contributed by atoms with Crippen molar-refractivity contribution in [2.24, 2.45) is 0 Å². The van der Waals surface area contributed by atoms with E-state index < -0.39 is 0 Å². The molecule has 0 saturated carbocycles. The molecule has 0 radical (unpaired) electrons. The SMILES string of the molecule is Cl.Fc1ccc(Cl)cc1[C@H]1CCCCN1. The summed E-state index contributed by atoms with van der Waals surface area (Å²) >= 11 is 5.84. The van der Waals surface area contributed by atoms with Crippen LogP contribution >= 0.6 is 24.0 Å². The quantitative estimate of drug-likeness (QED) is 0.801. The minimum Gasteiger partial charge on any atom is -0.310 e. The van der Waals surface area contributed by atoms with E-state index in [4.69, 9.17) is 11.6 Å². The lowest BCUT2D eigenvalue weighted by Gasteiger charge is -2.24. The van der Waals surface area contributed by atoms with Gasteiger partial charge in [0.1, 0.15) is 5.82 Å². The zero-order valence-electron chi connectivity index (χ0n) is 8.30. The standard InChI is InChI=1S/C11H13ClFN.ClH/c12-8-4-5-10(13)9(7-8)11-3-1-2-6-14-11;/h4-5,7,11,14H,1-3,6H2;1H/t11-;/m1./s1. The molecule has 1 aliphatic heterocycles. The number of nitrogens with one attached hydrogen (secondary N) is 1. The van der Waals surface area contributed by atoms with Crippen LogP contribution in [-0.4, -0.2) is 6.54 Å². The highest BCUT2D eigenvalue weighted by Crippen LogP contribution is 2.27. The number of hydrogen-bond acceptors (Lipinski definition) is 1. The van der Waals surface area contributed by atoms with Crippen LogP contribution in [0.1, 0.15) is 30.9 Å². The molecule has 1 aromatic rings. The van der Waals surface area contributed by atoms with Gasteiger partial charge in [-0.15, -0.1) is 12.4 Å². The lowest BCUT2D eigenvalue weighted by atomic mass is 9.97. The molecule has 1 nitrogen and oxygen atoms in total. The van der Waals surface area contributed by atoms with Crippen LogP contribution in [0.15, 0.2) is 18.2 Å². The predicted molar refractivity (Wildman–Crippen MR) is 63.3 cm³/mol. The number of benzene rings is 1. The van der Waals surface area contributed by atoms with Crippen molar-refractivity contribution in [3.63, 3.8) is 0 Å². The van der Waals surface area contributed by atoms with Gasteiger partial charge in [0.05, 0.1) is 0 Å². The van der Waals surface area contributed by atoms with Crippen molar-refractivity contribution < 1.29 is 4.39 Å². The van der Waals surface area contributed by atoms with Crippen molar-refractivity contribution in [2.45, 2.75) is 25.3 Å². The summed E-state index contributed by atoms with van der Waals surface area (Å²) in [5.74, 6) is -0.159. The lowest BCUT2D eigenvalue weighted by molar-refractivity contribution is 0.400. The van der Waals surface area contributed by atoms with Gasteiger partial charge in [-0.25, -0.2) is 4.39 Å². The van der Waals surface area contributed by atoms with Crippen LogP contribution in [0.4, 0.5) is 4.39 Å². The summed E-state index contributed by atoms with van der Waals surface area (Å²) in [4.78, 5) is 0. The molecule has 1 fully saturated rings. The minimum atomic E-state index is -0.159. The molecule has 1 atom stereocenters. The fraction of sp³-hybridized carbons (Fsp3) is 0.455. The van der Waals surface area contributed by atoms with E-state index in [1.165, 1.54) is 12.5 Å². The van der Waals surface area contributed by atoms with Gasteiger partial charge >= 0.3 is 0 Å². The first kappa shape index (κ1) is 12.8. The molecule has 2 rings (SSSR count). The van der Waals surface area contributed by atoms with Crippen molar-refractivity contribution in [1.82, 2.24) is 5.32 Å². The molecule has 84 valence electrons. The Balaban J connectivity index is 0.00000112. The van der Waals surface area contributed by atoms with E-state index in [2.05, 4.69) is 5.32 Å². The Morgan fingerprint density at radius 3 is 2.80 bits per heavy atom. The smallest absolute Gasteiger partial charge is 0.128 e. The number of rotatable bonds is 1. The second kappa shape index (κ2) is 5.69. The molecule has 1 heterocycles. The summed E-state index contributed by atoms with van der Waals surface area (Å²) in [5.41, 5.74) is 0.706. The van der Waals surface area contributed by atoms with E-state index in [9.17, 15) is 4.39 Å². The van der Waals surface area contributed by atoms with E-state index in [-0.39, 0.29) is 24.3 Å². The average Bonchev–Trinajstić information content (AvgIpc) is 2.23. The zero-order valence-corrected chi connectivity index (χ0v) is 9.87. The molecule has 0 bridgehead atoms. The molecule has 0 aromatic heterocycles. The highest BCUT2D eigenvalue weighted by molar-refractivity contribution is 6.30.